The lowest BCUT2D eigenvalue weighted by Crippen LogP contribution is -2.29. The van der Waals surface area contributed by atoms with E-state index in [2.05, 4.69) is 39.6 Å². The van der Waals surface area contributed by atoms with Gasteiger partial charge in [0.15, 0.2) is 0 Å². The molecule has 0 bridgehead atoms. The van der Waals surface area contributed by atoms with Crippen molar-refractivity contribution in [1.29, 1.82) is 0 Å². The highest BCUT2D eigenvalue weighted by atomic mass is 79.9. The number of hydrogen-bond donors (Lipinski definition) is 4. The molecule has 0 saturated carbocycles. The zero-order valence-corrected chi connectivity index (χ0v) is 21.6. The zero-order valence-electron chi connectivity index (χ0n) is 20.0. The summed E-state index contributed by atoms with van der Waals surface area (Å²) in [6.45, 7) is 3.66. The van der Waals surface area contributed by atoms with Gasteiger partial charge in [-0.2, -0.15) is 0 Å². The molecule has 0 fully saturated rings. The van der Waals surface area contributed by atoms with E-state index >= 15 is 0 Å². The smallest absolute Gasteiger partial charge is 0.488 e. The van der Waals surface area contributed by atoms with Crippen molar-refractivity contribution in [2.24, 2.45) is 0 Å². The number of phenolic OH excluding ortho intramolecular Hbond substituents is 2. The van der Waals surface area contributed by atoms with Crippen LogP contribution in [0.1, 0.15) is 25.0 Å². The lowest BCUT2D eigenvalue weighted by atomic mass is 9.80. The van der Waals surface area contributed by atoms with Crippen molar-refractivity contribution in [2.75, 3.05) is 0 Å². The number of hydrogen-bond acceptors (Lipinski definition) is 4. The van der Waals surface area contributed by atoms with Gasteiger partial charge in [-0.25, -0.2) is 0 Å². The molecule has 4 N–H and O–H groups in total. The normalized spacial score (nSPS) is 9.03. The molecule has 0 spiro atoms. The molecular weight excluding hydrogens is 515 g/mol. The minimum absolute atomic E-state index is 0.115. The molecule has 0 saturated heterocycles. The summed E-state index contributed by atoms with van der Waals surface area (Å²) < 4.78 is 1.09. The molecule has 0 aliphatic carbocycles. The van der Waals surface area contributed by atoms with Crippen LogP contribution in [0.4, 0.5) is 0 Å². The topological polar surface area (TPSA) is 80.9 Å². The minimum Gasteiger partial charge on any atom is -0.508 e. The highest BCUT2D eigenvalue weighted by Crippen LogP contribution is 2.22. The van der Waals surface area contributed by atoms with E-state index in [1.165, 1.54) is 24.3 Å². The van der Waals surface area contributed by atoms with E-state index in [9.17, 15) is 5.11 Å². The predicted octanol–water partition coefficient (Wildman–Crippen LogP) is 5.32. The highest BCUT2D eigenvalue weighted by Gasteiger charge is 2.08. The molecule has 4 aromatic rings. The van der Waals surface area contributed by atoms with Crippen molar-refractivity contribution in [3.05, 3.63) is 113 Å². The van der Waals surface area contributed by atoms with Crippen LogP contribution in [0, 0.1) is 23.7 Å². The fourth-order valence-corrected chi connectivity index (χ4v) is 3.13. The van der Waals surface area contributed by atoms with Crippen molar-refractivity contribution in [2.45, 2.75) is 13.8 Å². The first-order valence-corrected chi connectivity index (χ1v) is 11.8. The molecule has 0 aliphatic rings. The molecule has 4 rings (SSSR count). The second-order valence-electron chi connectivity index (χ2n) is 7.35. The Bertz CT molecular complexity index is 1330. The Labute approximate surface area is 221 Å². The van der Waals surface area contributed by atoms with E-state index in [1.54, 1.807) is 12.1 Å². The van der Waals surface area contributed by atoms with Gasteiger partial charge in [-0.05, 0) is 91.1 Å². The zero-order chi connectivity index (χ0) is 26.3. The highest BCUT2D eigenvalue weighted by molar-refractivity contribution is 9.10. The van der Waals surface area contributed by atoms with Gasteiger partial charge >= 0.3 is 7.12 Å². The van der Waals surface area contributed by atoms with Gasteiger partial charge in [0.05, 0.1) is 0 Å². The fourth-order valence-electron chi connectivity index (χ4n) is 2.87. The number of aromatic hydroxyl groups is 2. The lowest BCUT2D eigenvalue weighted by Gasteiger charge is -2.01. The minimum atomic E-state index is -1.46. The summed E-state index contributed by atoms with van der Waals surface area (Å²) in [6.07, 6.45) is 0. The molecule has 6 heteroatoms. The second-order valence-corrected chi connectivity index (χ2v) is 8.26. The van der Waals surface area contributed by atoms with E-state index < -0.39 is 7.12 Å². The van der Waals surface area contributed by atoms with Crippen LogP contribution in [-0.4, -0.2) is 27.4 Å². The van der Waals surface area contributed by atoms with E-state index in [4.69, 9.17) is 15.2 Å². The van der Waals surface area contributed by atoms with Crippen LogP contribution in [-0.2, 0) is 0 Å². The summed E-state index contributed by atoms with van der Waals surface area (Å²) in [5.41, 5.74) is 4.67. The summed E-state index contributed by atoms with van der Waals surface area (Å²) in [4.78, 5) is 0. The SMILES string of the molecule is CC#Cc1ccc(-c2ccc(O)cc2)cc1.CC#Cc1ccc(Br)cc1.OB(O)c1ccc(O)cc1. The third kappa shape index (κ3) is 10.1. The number of benzene rings is 4. The molecule has 0 unspecified atom stereocenters. The maximum atomic E-state index is 9.20. The summed E-state index contributed by atoms with van der Waals surface area (Å²) in [5.74, 6) is 12.1. The summed E-state index contributed by atoms with van der Waals surface area (Å²) in [7, 11) is -1.46. The quantitative estimate of drug-likeness (QED) is 0.205. The van der Waals surface area contributed by atoms with E-state index in [1.807, 2.05) is 74.5 Å². The predicted molar refractivity (Wildman–Crippen MR) is 151 cm³/mol. The molecule has 4 aromatic carbocycles. The fraction of sp³-hybridized carbons (Fsp3) is 0.0667. The van der Waals surface area contributed by atoms with E-state index in [0.29, 0.717) is 5.46 Å². The number of halogens is 1. The van der Waals surface area contributed by atoms with Gasteiger partial charge in [-0.15, -0.1) is 11.8 Å². The first-order valence-electron chi connectivity index (χ1n) is 11.0. The first kappa shape index (κ1) is 28.3. The van der Waals surface area contributed by atoms with Gasteiger partial charge in [-0.3, -0.25) is 0 Å². The van der Waals surface area contributed by atoms with Gasteiger partial charge in [-0.1, -0.05) is 64.2 Å². The Hall–Kier alpha value is -3.94. The van der Waals surface area contributed by atoms with Gasteiger partial charge in [0, 0.05) is 15.6 Å². The van der Waals surface area contributed by atoms with Gasteiger partial charge in [0.1, 0.15) is 11.5 Å². The molecule has 0 aromatic heterocycles. The third-order valence-corrected chi connectivity index (χ3v) is 5.19. The van der Waals surface area contributed by atoms with Gasteiger partial charge in [0.25, 0.3) is 0 Å². The average molecular weight is 541 g/mol. The number of phenols is 2. The van der Waals surface area contributed by atoms with Crippen molar-refractivity contribution < 1.29 is 20.3 Å². The first-order chi connectivity index (χ1) is 17.3. The molecule has 0 heterocycles. The van der Waals surface area contributed by atoms with Crippen molar-refractivity contribution >= 4 is 28.5 Å². The maximum absolute atomic E-state index is 9.20. The Balaban J connectivity index is 0.000000200. The van der Waals surface area contributed by atoms with Crippen LogP contribution in [0.3, 0.4) is 0 Å². The summed E-state index contributed by atoms with van der Waals surface area (Å²) in [6, 6.07) is 28.9. The molecule has 0 radical (unpaired) electrons. The van der Waals surface area contributed by atoms with E-state index in [0.717, 1.165) is 26.7 Å². The Kier molecular flexibility index (Phi) is 11.9. The van der Waals surface area contributed by atoms with Crippen molar-refractivity contribution in [1.82, 2.24) is 0 Å². The molecule has 0 aliphatic heterocycles. The molecule has 180 valence electrons. The lowest BCUT2D eigenvalue weighted by molar-refractivity contribution is 0.425. The monoisotopic (exact) mass is 540 g/mol. The summed E-state index contributed by atoms with van der Waals surface area (Å²) in [5, 5.41) is 35.2. The van der Waals surface area contributed by atoms with Crippen LogP contribution in [0.2, 0.25) is 0 Å². The molecule has 0 atom stereocenters. The van der Waals surface area contributed by atoms with E-state index in [-0.39, 0.29) is 11.5 Å². The van der Waals surface area contributed by atoms with Crippen molar-refractivity contribution in [3.63, 3.8) is 0 Å². The van der Waals surface area contributed by atoms with Crippen LogP contribution >= 0.6 is 15.9 Å². The van der Waals surface area contributed by atoms with Crippen LogP contribution in [0.25, 0.3) is 11.1 Å². The standard InChI is InChI=1S/C15H12O.C9H7Br.C6H7BO3/c1-2-3-12-4-6-13(7-5-12)14-8-10-15(16)11-9-14;1-2-3-8-4-6-9(10)7-5-8;8-6-3-1-5(2-4-6)7(9)10/h4-11,16H,1H3;4-7H,1H3;1-4,8-10H. The average Bonchev–Trinajstić information content (AvgIpc) is 2.88. The summed E-state index contributed by atoms with van der Waals surface area (Å²) >= 11 is 3.35. The molecule has 0 amide bonds. The van der Waals surface area contributed by atoms with Crippen molar-refractivity contribution in [3.8, 4) is 46.3 Å². The van der Waals surface area contributed by atoms with Gasteiger partial charge in [0.2, 0.25) is 0 Å². The van der Waals surface area contributed by atoms with Crippen LogP contribution < -0.4 is 5.46 Å². The van der Waals surface area contributed by atoms with Crippen LogP contribution in [0.5, 0.6) is 11.5 Å². The largest absolute Gasteiger partial charge is 0.508 e. The third-order valence-electron chi connectivity index (χ3n) is 4.66. The molecular formula is C30H26BBrO4. The second kappa shape index (κ2) is 15.1. The maximum Gasteiger partial charge on any atom is 0.488 e. The van der Waals surface area contributed by atoms with Gasteiger partial charge < -0.3 is 20.3 Å². The molecule has 4 nitrogen and oxygen atoms in total. The molecule has 36 heavy (non-hydrogen) atoms. The van der Waals surface area contributed by atoms with Crippen LogP contribution in [0.15, 0.2) is 102 Å². The Morgan fingerprint density at radius 2 is 0.917 bits per heavy atom. The Morgan fingerprint density at radius 3 is 1.31 bits per heavy atom. The number of rotatable bonds is 2. The Morgan fingerprint density at radius 1 is 0.556 bits per heavy atom.